The Bertz CT molecular complexity index is 1480. The summed E-state index contributed by atoms with van der Waals surface area (Å²) in [6.45, 7) is 2.04. The maximum absolute atomic E-state index is 14.7. The van der Waals surface area contributed by atoms with Gasteiger partial charge in [-0.25, -0.2) is 13.8 Å². The van der Waals surface area contributed by atoms with Crippen molar-refractivity contribution in [3.05, 3.63) is 76.3 Å². The lowest BCUT2D eigenvalue weighted by atomic mass is 9.93. The van der Waals surface area contributed by atoms with Crippen LogP contribution in [0.4, 0.5) is 14.6 Å². The molecule has 1 N–H and O–H groups in total. The Balaban J connectivity index is 1.56. The molecule has 1 fully saturated rings. The van der Waals surface area contributed by atoms with Crippen molar-refractivity contribution >= 4 is 33.1 Å². The number of anilines is 1. The Labute approximate surface area is 225 Å². The first kappa shape index (κ1) is 26.1. The number of thiophene rings is 1. The van der Waals surface area contributed by atoms with Crippen LogP contribution in [0, 0.1) is 18.6 Å². The highest BCUT2D eigenvalue weighted by Gasteiger charge is 2.31. The van der Waals surface area contributed by atoms with Gasteiger partial charge in [0.15, 0.2) is 0 Å². The molecular weight excluding hydrogens is 504 g/mol. The molecule has 1 aliphatic rings. The van der Waals surface area contributed by atoms with Crippen molar-refractivity contribution in [3.8, 4) is 16.9 Å². The van der Waals surface area contributed by atoms with E-state index in [4.69, 9.17) is 4.74 Å². The summed E-state index contributed by atoms with van der Waals surface area (Å²) < 4.78 is 35.1. The fourth-order valence-electron chi connectivity index (χ4n) is 5.38. The molecule has 2 aromatic heterocycles. The van der Waals surface area contributed by atoms with Crippen molar-refractivity contribution in [2.45, 2.75) is 51.6 Å². The average molecular weight is 536 g/mol. The normalized spacial score (nSPS) is 14.0. The van der Waals surface area contributed by atoms with E-state index in [2.05, 4.69) is 10.3 Å². The van der Waals surface area contributed by atoms with Gasteiger partial charge in [-0.05, 0) is 72.9 Å². The van der Waals surface area contributed by atoms with Crippen molar-refractivity contribution in [1.29, 1.82) is 0 Å². The van der Waals surface area contributed by atoms with Crippen molar-refractivity contribution < 1.29 is 18.3 Å². The summed E-state index contributed by atoms with van der Waals surface area (Å²) in [4.78, 5) is 20.7. The van der Waals surface area contributed by atoms with Crippen LogP contribution in [0.1, 0.15) is 52.9 Å². The SMILES string of the molecule is CNc1cc(-c2ccc(OC)c(CN(C(=O)c3sc4c(F)ccc(F)c4c3C)C3CCCCC3)c2)ccn1. The van der Waals surface area contributed by atoms with E-state index in [9.17, 15) is 13.6 Å². The third-order valence-electron chi connectivity index (χ3n) is 7.42. The molecule has 0 atom stereocenters. The number of aryl methyl sites for hydroxylation is 1. The van der Waals surface area contributed by atoms with E-state index in [1.165, 1.54) is 0 Å². The number of ether oxygens (including phenoxy) is 1. The number of methoxy groups -OCH3 is 1. The molecule has 1 saturated carbocycles. The summed E-state index contributed by atoms with van der Waals surface area (Å²) in [6.07, 6.45) is 6.79. The predicted molar refractivity (Wildman–Crippen MR) is 149 cm³/mol. The highest BCUT2D eigenvalue weighted by atomic mass is 32.1. The Morgan fingerprint density at radius 1 is 1.08 bits per heavy atom. The molecule has 4 aromatic rings. The van der Waals surface area contributed by atoms with Crippen molar-refractivity contribution in [2.75, 3.05) is 19.5 Å². The van der Waals surface area contributed by atoms with Crippen LogP contribution in [-0.2, 0) is 6.54 Å². The summed E-state index contributed by atoms with van der Waals surface area (Å²) in [7, 11) is 3.45. The van der Waals surface area contributed by atoms with Crippen LogP contribution in [0.15, 0.2) is 48.7 Å². The number of hydrogen-bond donors (Lipinski definition) is 1. The van der Waals surface area contributed by atoms with Crippen LogP contribution in [-0.4, -0.2) is 36.0 Å². The number of halogens is 2. The molecule has 1 amide bonds. The third-order valence-corrected chi connectivity index (χ3v) is 8.71. The number of nitrogens with one attached hydrogen (secondary N) is 1. The van der Waals surface area contributed by atoms with E-state index in [0.717, 1.165) is 78.1 Å². The first-order valence-electron chi connectivity index (χ1n) is 12.9. The Kier molecular flexibility index (Phi) is 7.61. The smallest absolute Gasteiger partial charge is 0.264 e. The predicted octanol–water partition coefficient (Wildman–Crippen LogP) is 7.58. The molecule has 38 heavy (non-hydrogen) atoms. The molecule has 0 saturated heterocycles. The third kappa shape index (κ3) is 4.97. The number of fused-ring (bicyclic) bond motifs is 1. The summed E-state index contributed by atoms with van der Waals surface area (Å²) >= 11 is 1.04. The zero-order valence-electron chi connectivity index (χ0n) is 21.8. The van der Waals surface area contributed by atoms with Crippen molar-refractivity contribution in [2.24, 2.45) is 0 Å². The molecule has 1 aliphatic carbocycles. The number of amides is 1. The highest BCUT2D eigenvalue weighted by Crippen LogP contribution is 2.37. The number of rotatable bonds is 7. The molecule has 2 aromatic carbocycles. The quantitative estimate of drug-likeness (QED) is 0.265. The maximum atomic E-state index is 14.7. The number of benzene rings is 2. The fraction of sp³-hybridized carbons (Fsp3) is 0.333. The zero-order chi connectivity index (χ0) is 26.8. The second-order valence-corrected chi connectivity index (χ2v) is 10.7. The van der Waals surface area contributed by atoms with Crippen LogP contribution in [0.25, 0.3) is 21.2 Å². The van der Waals surface area contributed by atoms with E-state index in [1.54, 1.807) is 20.2 Å². The van der Waals surface area contributed by atoms with Gasteiger partial charge in [-0.15, -0.1) is 11.3 Å². The number of carbonyl (C=O) groups is 1. The van der Waals surface area contributed by atoms with Gasteiger partial charge in [0.2, 0.25) is 0 Å². The average Bonchev–Trinajstić information content (AvgIpc) is 3.32. The minimum absolute atomic E-state index is 0.0423. The molecular formula is C30H31F2N3O2S. The van der Waals surface area contributed by atoms with Gasteiger partial charge in [0.25, 0.3) is 5.91 Å². The summed E-state index contributed by atoms with van der Waals surface area (Å²) in [5.74, 6) is 0.244. The number of aromatic nitrogens is 1. The van der Waals surface area contributed by atoms with Crippen molar-refractivity contribution in [3.63, 3.8) is 0 Å². The van der Waals surface area contributed by atoms with Crippen LogP contribution in [0.2, 0.25) is 0 Å². The number of carbonyl (C=O) groups excluding carboxylic acids is 1. The van der Waals surface area contributed by atoms with Gasteiger partial charge >= 0.3 is 0 Å². The van der Waals surface area contributed by atoms with Crippen LogP contribution >= 0.6 is 11.3 Å². The minimum atomic E-state index is -0.509. The summed E-state index contributed by atoms with van der Waals surface area (Å²) in [5.41, 5.74) is 3.35. The standard InChI is InChI=1S/C30H31F2N3O2S/c1-18-27-23(31)10-11-24(32)29(27)38-28(18)30(36)35(22-7-5-4-6-8-22)17-21-15-19(9-12-25(21)37-3)20-13-14-34-26(16-20)33-2/h9-16,22H,4-8,17H2,1-3H3,(H,33,34). The zero-order valence-corrected chi connectivity index (χ0v) is 22.6. The largest absolute Gasteiger partial charge is 0.496 e. The van der Waals surface area contributed by atoms with Gasteiger partial charge in [-0.1, -0.05) is 25.3 Å². The number of pyridine rings is 1. The van der Waals surface area contributed by atoms with Gasteiger partial charge in [-0.3, -0.25) is 4.79 Å². The fourth-order valence-corrected chi connectivity index (χ4v) is 6.56. The van der Waals surface area contributed by atoms with Gasteiger partial charge in [-0.2, -0.15) is 0 Å². The van der Waals surface area contributed by atoms with Crippen molar-refractivity contribution in [1.82, 2.24) is 9.88 Å². The lowest BCUT2D eigenvalue weighted by Gasteiger charge is -2.35. The van der Waals surface area contributed by atoms with E-state index >= 15 is 0 Å². The maximum Gasteiger partial charge on any atom is 0.264 e. The van der Waals surface area contributed by atoms with E-state index < -0.39 is 11.6 Å². The first-order chi connectivity index (χ1) is 18.4. The lowest BCUT2D eigenvalue weighted by molar-refractivity contribution is 0.0617. The topological polar surface area (TPSA) is 54.5 Å². The molecule has 5 nitrogen and oxygen atoms in total. The second-order valence-electron chi connectivity index (χ2n) is 9.72. The number of nitrogens with zero attached hydrogens (tertiary/aromatic N) is 2. The highest BCUT2D eigenvalue weighted by molar-refractivity contribution is 7.21. The summed E-state index contributed by atoms with van der Waals surface area (Å²) in [5, 5.41) is 3.26. The van der Waals surface area contributed by atoms with Crippen LogP contribution in [0.3, 0.4) is 0 Å². The second kappa shape index (κ2) is 11.1. The lowest BCUT2D eigenvalue weighted by Crippen LogP contribution is -2.41. The monoisotopic (exact) mass is 535 g/mol. The Hall–Kier alpha value is -3.52. The molecule has 0 aliphatic heterocycles. The molecule has 2 heterocycles. The molecule has 198 valence electrons. The van der Waals surface area contributed by atoms with Gasteiger partial charge in [0, 0.05) is 36.8 Å². The van der Waals surface area contributed by atoms with E-state index in [1.807, 2.05) is 42.3 Å². The summed E-state index contributed by atoms with van der Waals surface area (Å²) in [6, 6.07) is 12.2. The molecule has 5 rings (SSSR count). The van der Waals surface area contributed by atoms with Gasteiger partial charge in [0.1, 0.15) is 23.2 Å². The molecule has 0 spiro atoms. The first-order valence-corrected chi connectivity index (χ1v) is 13.7. The van der Waals surface area contributed by atoms with E-state index in [0.29, 0.717) is 22.7 Å². The molecule has 8 heteroatoms. The number of hydrogen-bond acceptors (Lipinski definition) is 5. The van der Waals surface area contributed by atoms with Crippen LogP contribution < -0.4 is 10.1 Å². The molecule has 0 bridgehead atoms. The Morgan fingerprint density at radius 2 is 1.82 bits per heavy atom. The van der Waals surface area contributed by atoms with Crippen LogP contribution in [0.5, 0.6) is 5.75 Å². The molecule has 0 unspecified atom stereocenters. The minimum Gasteiger partial charge on any atom is -0.496 e. The van der Waals surface area contributed by atoms with Gasteiger partial charge in [0.05, 0.1) is 16.7 Å². The van der Waals surface area contributed by atoms with Gasteiger partial charge < -0.3 is 15.0 Å². The Morgan fingerprint density at radius 3 is 2.53 bits per heavy atom. The molecule has 0 radical (unpaired) electrons. The van der Waals surface area contributed by atoms with E-state index in [-0.39, 0.29) is 22.0 Å².